The van der Waals surface area contributed by atoms with Crippen molar-refractivity contribution in [3.8, 4) is 17.2 Å². The molecule has 0 unspecified atom stereocenters. The van der Waals surface area contributed by atoms with Gasteiger partial charge in [0.05, 0.1) is 18.7 Å². The maximum Gasteiger partial charge on any atom is 0.175 e. The van der Waals surface area contributed by atoms with E-state index in [1.165, 1.54) is 5.56 Å². The highest BCUT2D eigenvalue weighted by molar-refractivity contribution is 9.10. The maximum absolute atomic E-state index is 6.25. The number of ether oxygens (including phenoxy) is 3. The van der Waals surface area contributed by atoms with E-state index in [1.54, 1.807) is 32.4 Å². The van der Waals surface area contributed by atoms with Crippen LogP contribution in [0.3, 0.4) is 0 Å². The monoisotopic (exact) mass is 523 g/mol. The molecule has 0 aliphatic heterocycles. The molecule has 4 nitrogen and oxygen atoms in total. The number of halogens is 3. The minimum atomic E-state index is 0.240. The molecule has 1 N–H and O–H groups in total. The van der Waals surface area contributed by atoms with E-state index in [-0.39, 0.29) is 6.61 Å². The summed E-state index contributed by atoms with van der Waals surface area (Å²) in [5.74, 6) is 2.16. The highest BCUT2D eigenvalue weighted by Gasteiger charge is 2.14. The molecule has 0 fully saturated rings. The summed E-state index contributed by atoms with van der Waals surface area (Å²) in [5, 5.41) is 4.60. The van der Waals surface area contributed by atoms with Gasteiger partial charge in [0.25, 0.3) is 0 Å². The van der Waals surface area contributed by atoms with Crippen LogP contribution in [0.4, 0.5) is 0 Å². The fraction of sp³-hybridized carbons (Fsp3) is 0.250. The lowest BCUT2D eigenvalue weighted by molar-refractivity contribution is 0.282. The molecule has 3 aromatic rings. The number of hydrogen-bond acceptors (Lipinski definition) is 4. The second-order valence-electron chi connectivity index (χ2n) is 6.84. The average Bonchev–Trinajstić information content (AvgIpc) is 2.77. The Morgan fingerprint density at radius 1 is 0.903 bits per heavy atom. The summed E-state index contributed by atoms with van der Waals surface area (Å²) in [5.41, 5.74) is 2.99. The standard InChI is InChI=1S/C24H24BrCl2NO3/c1-29-22-9-4-3-6-17(22)10-11-28-14-16-12-19(25)24(23(13-16)30-2)31-15-18-20(26)7-5-8-21(18)27/h3-9,12-13,28H,10-11,14-15H2,1-2H3. The van der Waals surface area contributed by atoms with Crippen molar-refractivity contribution in [1.82, 2.24) is 5.32 Å². The van der Waals surface area contributed by atoms with Crippen molar-refractivity contribution < 1.29 is 14.2 Å². The Labute approximate surface area is 201 Å². The lowest BCUT2D eigenvalue weighted by Gasteiger charge is -2.16. The van der Waals surface area contributed by atoms with Crippen LogP contribution in [-0.4, -0.2) is 20.8 Å². The molecular weight excluding hydrogens is 501 g/mol. The third-order valence-electron chi connectivity index (χ3n) is 4.80. The van der Waals surface area contributed by atoms with Gasteiger partial charge in [-0.05, 0) is 70.4 Å². The van der Waals surface area contributed by atoms with E-state index in [1.807, 2.05) is 30.3 Å². The van der Waals surface area contributed by atoms with Crippen LogP contribution in [0.2, 0.25) is 10.0 Å². The summed E-state index contributed by atoms with van der Waals surface area (Å²) in [6.07, 6.45) is 0.877. The molecule has 0 heterocycles. The van der Waals surface area contributed by atoms with Crippen LogP contribution in [0.25, 0.3) is 0 Å². The van der Waals surface area contributed by atoms with E-state index in [0.29, 0.717) is 28.1 Å². The molecule has 3 aromatic carbocycles. The fourth-order valence-electron chi connectivity index (χ4n) is 3.20. The van der Waals surface area contributed by atoms with Crippen molar-refractivity contribution in [3.63, 3.8) is 0 Å². The Morgan fingerprint density at radius 3 is 2.32 bits per heavy atom. The van der Waals surface area contributed by atoms with Crippen molar-refractivity contribution in [2.24, 2.45) is 0 Å². The summed E-state index contributed by atoms with van der Waals surface area (Å²) in [7, 11) is 3.31. The molecule has 0 saturated heterocycles. The highest BCUT2D eigenvalue weighted by atomic mass is 79.9. The first kappa shape index (κ1) is 23.7. The first-order chi connectivity index (χ1) is 15.0. The summed E-state index contributed by atoms with van der Waals surface area (Å²) in [6, 6.07) is 17.4. The lowest BCUT2D eigenvalue weighted by Crippen LogP contribution is -2.17. The van der Waals surface area contributed by atoms with Gasteiger partial charge in [0, 0.05) is 22.2 Å². The number of rotatable bonds is 10. The normalized spacial score (nSPS) is 10.7. The van der Waals surface area contributed by atoms with Crippen molar-refractivity contribution in [1.29, 1.82) is 0 Å². The Morgan fingerprint density at radius 2 is 1.61 bits per heavy atom. The van der Waals surface area contributed by atoms with Crippen LogP contribution < -0.4 is 19.5 Å². The van der Waals surface area contributed by atoms with Crippen molar-refractivity contribution in [3.05, 3.63) is 85.8 Å². The zero-order valence-electron chi connectivity index (χ0n) is 17.4. The predicted octanol–water partition coefficient (Wildman–Crippen LogP) is 6.68. The van der Waals surface area contributed by atoms with Gasteiger partial charge in [-0.3, -0.25) is 0 Å². The van der Waals surface area contributed by atoms with Gasteiger partial charge >= 0.3 is 0 Å². The molecule has 0 aromatic heterocycles. The molecule has 3 rings (SSSR count). The van der Waals surface area contributed by atoms with E-state index in [0.717, 1.165) is 34.3 Å². The molecule has 0 atom stereocenters. The molecule has 0 aliphatic rings. The van der Waals surface area contributed by atoms with Crippen LogP contribution in [0.15, 0.2) is 59.1 Å². The molecule has 0 aliphatic carbocycles. The van der Waals surface area contributed by atoms with Crippen molar-refractivity contribution >= 4 is 39.1 Å². The molecule has 0 saturated carbocycles. The first-order valence-corrected chi connectivity index (χ1v) is 11.3. The average molecular weight is 525 g/mol. The van der Waals surface area contributed by atoms with Gasteiger partial charge in [-0.1, -0.05) is 47.5 Å². The van der Waals surface area contributed by atoms with Gasteiger partial charge < -0.3 is 19.5 Å². The van der Waals surface area contributed by atoms with Crippen LogP contribution in [0.5, 0.6) is 17.2 Å². The molecule has 0 amide bonds. The van der Waals surface area contributed by atoms with Crippen LogP contribution in [0, 0.1) is 0 Å². The van der Waals surface area contributed by atoms with E-state index < -0.39 is 0 Å². The number of nitrogens with one attached hydrogen (secondary N) is 1. The second kappa shape index (κ2) is 11.6. The summed E-state index contributed by atoms with van der Waals surface area (Å²) in [6.45, 7) is 1.76. The Kier molecular flexibility index (Phi) is 8.90. The molecule has 164 valence electrons. The van der Waals surface area contributed by atoms with Crippen molar-refractivity contribution in [2.75, 3.05) is 20.8 Å². The lowest BCUT2D eigenvalue weighted by atomic mass is 10.1. The summed E-state index contributed by atoms with van der Waals surface area (Å²) >= 11 is 16.1. The topological polar surface area (TPSA) is 39.7 Å². The van der Waals surface area contributed by atoms with E-state index >= 15 is 0 Å². The van der Waals surface area contributed by atoms with E-state index in [4.69, 9.17) is 37.4 Å². The predicted molar refractivity (Wildman–Crippen MR) is 130 cm³/mol. The Hall–Kier alpha value is -1.92. The van der Waals surface area contributed by atoms with E-state index in [9.17, 15) is 0 Å². The SMILES string of the molecule is COc1ccccc1CCNCc1cc(Br)c(OCc2c(Cl)cccc2Cl)c(OC)c1. The third-order valence-corrected chi connectivity index (χ3v) is 6.10. The Bertz CT molecular complexity index is 1010. The number of benzene rings is 3. The van der Waals surface area contributed by atoms with Crippen LogP contribution >= 0.6 is 39.1 Å². The fourth-order valence-corrected chi connectivity index (χ4v) is 4.31. The largest absolute Gasteiger partial charge is 0.496 e. The Balaban J connectivity index is 1.62. The maximum atomic E-state index is 6.25. The minimum Gasteiger partial charge on any atom is -0.496 e. The molecular formula is C24H24BrCl2NO3. The summed E-state index contributed by atoms with van der Waals surface area (Å²) in [4.78, 5) is 0. The molecule has 7 heteroatoms. The van der Waals surface area contributed by atoms with Gasteiger partial charge in [-0.2, -0.15) is 0 Å². The molecule has 0 spiro atoms. The minimum absolute atomic E-state index is 0.240. The molecule has 0 bridgehead atoms. The van der Waals surface area contributed by atoms with Gasteiger partial charge in [-0.15, -0.1) is 0 Å². The zero-order chi connectivity index (χ0) is 22.2. The number of hydrogen-bond donors (Lipinski definition) is 1. The number of para-hydroxylation sites is 1. The zero-order valence-corrected chi connectivity index (χ0v) is 20.5. The highest BCUT2D eigenvalue weighted by Crippen LogP contribution is 2.38. The second-order valence-corrected chi connectivity index (χ2v) is 8.51. The smallest absolute Gasteiger partial charge is 0.175 e. The van der Waals surface area contributed by atoms with Gasteiger partial charge in [-0.25, -0.2) is 0 Å². The van der Waals surface area contributed by atoms with E-state index in [2.05, 4.69) is 27.3 Å². The number of methoxy groups -OCH3 is 2. The quantitative estimate of drug-likeness (QED) is 0.300. The first-order valence-electron chi connectivity index (χ1n) is 9.78. The van der Waals surface area contributed by atoms with Crippen molar-refractivity contribution in [2.45, 2.75) is 19.6 Å². The molecule has 0 radical (unpaired) electrons. The van der Waals surface area contributed by atoms with Gasteiger partial charge in [0.2, 0.25) is 0 Å². The third kappa shape index (κ3) is 6.30. The summed E-state index contributed by atoms with van der Waals surface area (Å²) < 4.78 is 17.8. The molecule has 31 heavy (non-hydrogen) atoms. The van der Waals surface area contributed by atoms with Gasteiger partial charge in [0.1, 0.15) is 12.4 Å². The van der Waals surface area contributed by atoms with Gasteiger partial charge in [0.15, 0.2) is 11.5 Å². The van der Waals surface area contributed by atoms with Crippen LogP contribution in [-0.2, 0) is 19.6 Å². The van der Waals surface area contributed by atoms with Crippen LogP contribution in [0.1, 0.15) is 16.7 Å².